The molecule has 1 aliphatic heterocycles. The van der Waals surface area contributed by atoms with Crippen LogP contribution in [0.4, 0.5) is 10.5 Å². The lowest BCUT2D eigenvalue weighted by molar-refractivity contribution is -0.117. The number of carbonyl (C=O) groups is 2. The number of hydrogen-bond acceptors (Lipinski definition) is 4. The van der Waals surface area contributed by atoms with E-state index in [1.165, 1.54) is 0 Å². The lowest BCUT2D eigenvalue weighted by atomic mass is 10.2. The Morgan fingerprint density at radius 2 is 1.77 bits per heavy atom. The van der Waals surface area contributed by atoms with Gasteiger partial charge in [0.1, 0.15) is 24.1 Å². The summed E-state index contributed by atoms with van der Waals surface area (Å²) >= 11 is 0. The molecule has 1 aliphatic rings. The molecular weight excluding hydrogens is 284 g/mol. The molecule has 1 saturated heterocycles. The monoisotopic (exact) mass is 298 g/mol. The van der Waals surface area contributed by atoms with Crippen molar-refractivity contribution in [3.63, 3.8) is 0 Å². The summed E-state index contributed by atoms with van der Waals surface area (Å²) in [6.07, 6.45) is -0.577. The van der Waals surface area contributed by atoms with Gasteiger partial charge in [-0.25, -0.2) is 4.79 Å². The summed E-state index contributed by atoms with van der Waals surface area (Å²) in [4.78, 5) is 22.8. The topological polar surface area (TPSA) is 76.7 Å². The Balaban J connectivity index is 1.59. The zero-order valence-corrected chi connectivity index (χ0v) is 11.6. The summed E-state index contributed by atoms with van der Waals surface area (Å²) < 4.78 is 10.3. The summed E-state index contributed by atoms with van der Waals surface area (Å²) in [6, 6.07) is 15.7. The van der Waals surface area contributed by atoms with E-state index in [2.05, 4.69) is 15.4 Å². The first-order chi connectivity index (χ1) is 10.7. The average Bonchev–Trinajstić information content (AvgIpc) is 2.97. The second kappa shape index (κ2) is 6.17. The first-order valence-corrected chi connectivity index (χ1v) is 6.78. The molecule has 2 aromatic rings. The van der Waals surface area contributed by atoms with E-state index in [1.807, 2.05) is 30.3 Å². The largest absolute Gasteiger partial charge is 0.457 e. The maximum Gasteiger partial charge on any atom is 0.407 e. The summed E-state index contributed by atoms with van der Waals surface area (Å²) in [5, 5.41) is 5.13. The second-order valence-electron chi connectivity index (χ2n) is 4.72. The molecule has 6 nitrogen and oxygen atoms in total. The van der Waals surface area contributed by atoms with E-state index in [9.17, 15) is 9.59 Å². The number of anilines is 1. The van der Waals surface area contributed by atoms with Crippen molar-refractivity contribution in [1.29, 1.82) is 0 Å². The van der Waals surface area contributed by atoms with Crippen LogP contribution in [-0.4, -0.2) is 24.6 Å². The minimum Gasteiger partial charge on any atom is -0.457 e. The Bertz CT molecular complexity index is 670. The smallest absolute Gasteiger partial charge is 0.407 e. The van der Waals surface area contributed by atoms with Crippen molar-refractivity contribution in [1.82, 2.24) is 5.32 Å². The highest BCUT2D eigenvalue weighted by molar-refractivity contribution is 5.97. The highest BCUT2D eigenvalue weighted by atomic mass is 16.6. The fourth-order valence-corrected chi connectivity index (χ4v) is 1.99. The molecular formula is C16H14N2O4. The van der Waals surface area contributed by atoms with E-state index in [-0.39, 0.29) is 12.5 Å². The molecule has 6 heteroatoms. The Morgan fingerprint density at radius 3 is 2.41 bits per heavy atom. The van der Waals surface area contributed by atoms with Gasteiger partial charge < -0.3 is 20.1 Å². The standard InChI is InChI=1S/C16H14N2O4/c19-15(14-10-21-16(20)18-14)17-11-6-8-13(9-7-11)22-12-4-2-1-3-5-12/h1-9,14H,10H2,(H,17,19)(H,18,20). The van der Waals surface area contributed by atoms with Gasteiger partial charge in [-0.2, -0.15) is 0 Å². The molecule has 1 atom stereocenters. The van der Waals surface area contributed by atoms with Crippen LogP contribution in [0.3, 0.4) is 0 Å². The number of benzene rings is 2. The fourth-order valence-electron chi connectivity index (χ4n) is 1.99. The van der Waals surface area contributed by atoms with Gasteiger partial charge in [-0.15, -0.1) is 0 Å². The van der Waals surface area contributed by atoms with Crippen LogP contribution in [0.1, 0.15) is 0 Å². The summed E-state index contributed by atoms with van der Waals surface area (Å²) in [7, 11) is 0. The molecule has 2 N–H and O–H groups in total. The molecule has 0 radical (unpaired) electrons. The minimum absolute atomic E-state index is 0.0415. The van der Waals surface area contributed by atoms with Gasteiger partial charge in [-0.05, 0) is 36.4 Å². The normalized spacial score (nSPS) is 16.5. The fraction of sp³-hybridized carbons (Fsp3) is 0.125. The van der Waals surface area contributed by atoms with Gasteiger partial charge in [-0.1, -0.05) is 18.2 Å². The number of cyclic esters (lactones) is 1. The van der Waals surface area contributed by atoms with Gasteiger partial charge in [0.15, 0.2) is 0 Å². The molecule has 1 unspecified atom stereocenters. The van der Waals surface area contributed by atoms with Crippen LogP contribution in [0, 0.1) is 0 Å². The highest BCUT2D eigenvalue weighted by Gasteiger charge is 2.28. The van der Waals surface area contributed by atoms with Crippen molar-refractivity contribution in [2.24, 2.45) is 0 Å². The SMILES string of the molecule is O=C1NC(C(=O)Nc2ccc(Oc3ccccc3)cc2)CO1. The Hall–Kier alpha value is -3.02. The molecule has 112 valence electrons. The van der Waals surface area contributed by atoms with Gasteiger partial charge in [-0.3, -0.25) is 4.79 Å². The van der Waals surface area contributed by atoms with E-state index >= 15 is 0 Å². The van der Waals surface area contributed by atoms with E-state index < -0.39 is 12.1 Å². The molecule has 2 amide bonds. The van der Waals surface area contributed by atoms with Crippen molar-refractivity contribution >= 4 is 17.7 Å². The molecule has 0 bridgehead atoms. The van der Waals surface area contributed by atoms with Crippen molar-refractivity contribution in [2.75, 3.05) is 11.9 Å². The summed E-state index contributed by atoms with van der Waals surface area (Å²) in [5.74, 6) is 1.09. The number of rotatable bonds is 4. The first kappa shape index (κ1) is 13.9. The van der Waals surface area contributed by atoms with E-state index in [4.69, 9.17) is 4.74 Å². The molecule has 1 fully saturated rings. The van der Waals surface area contributed by atoms with Crippen LogP contribution in [0.5, 0.6) is 11.5 Å². The van der Waals surface area contributed by atoms with Gasteiger partial charge >= 0.3 is 6.09 Å². The van der Waals surface area contributed by atoms with Crippen molar-refractivity contribution < 1.29 is 19.1 Å². The highest BCUT2D eigenvalue weighted by Crippen LogP contribution is 2.22. The Kier molecular flexibility index (Phi) is 3.91. The van der Waals surface area contributed by atoms with Crippen LogP contribution in [0.25, 0.3) is 0 Å². The third kappa shape index (κ3) is 3.35. The predicted octanol–water partition coefficient (Wildman–Crippen LogP) is 2.53. The number of carbonyl (C=O) groups excluding carboxylic acids is 2. The van der Waals surface area contributed by atoms with Gasteiger partial charge in [0.05, 0.1) is 0 Å². The number of hydrogen-bond donors (Lipinski definition) is 2. The van der Waals surface area contributed by atoms with Crippen molar-refractivity contribution in [3.05, 3.63) is 54.6 Å². The molecule has 2 aromatic carbocycles. The molecule has 0 saturated carbocycles. The third-order valence-electron chi connectivity index (χ3n) is 3.09. The quantitative estimate of drug-likeness (QED) is 0.909. The first-order valence-electron chi connectivity index (χ1n) is 6.78. The molecule has 1 heterocycles. The van der Waals surface area contributed by atoms with Gasteiger partial charge in [0.25, 0.3) is 5.91 Å². The maximum absolute atomic E-state index is 11.9. The van der Waals surface area contributed by atoms with Crippen molar-refractivity contribution in [2.45, 2.75) is 6.04 Å². The summed E-state index contributed by atoms with van der Waals surface area (Å²) in [5.41, 5.74) is 0.617. The van der Waals surface area contributed by atoms with Crippen molar-refractivity contribution in [3.8, 4) is 11.5 Å². The van der Waals surface area contributed by atoms with Crippen LogP contribution < -0.4 is 15.4 Å². The second-order valence-corrected chi connectivity index (χ2v) is 4.72. The molecule has 0 spiro atoms. The molecule has 3 rings (SSSR count). The number of para-hydroxylation sites is 1. The van der Waals surface area contributed by atoms with E-state index in [0.29, 0.717) is 11.4 Å². The lowest BCUT2D eigenvalue weighted by Crippen LogP contribution is -2.38. The number of amides is 2. The summed E-state index contributed by atoms with van der Waals surface area (Å²) in [6.45, 7) is 0.0415. The third-order valence-corrected chi connectivity index (χ3v) is 3.09. The lowest BCUT2D eigenvalue weighted by Gasteiger charge is -2.10. The van der Waals surface area contributed by atoms with Crippen LogP contribution in [0.15, 0.2) is 54.6 Å². The molecule has 22 heavy (non-hydrogen) atoms. The molecule has 0 aromatic heterocycles. The van der Waals surface area contributed by atoms with Gasteiger partial charge in [0.2, 0.25) is 0 Å². The number of nitrogens with one attached hydrogen (secondary N) is 2. The van der Waals surface area contributed by atoms with E-state index in [0.717, 1.165) is 5.75 Å². The van der Waals surface area contributed by atoms with Crippen LogP contribution >= 0.6 is 0 Å². The Morgan fingerprint density at radius 1 is 1.09 bits per heavy atom. The zero-order chi connectivity index (χ0) is 15.4. The van der Waals surface area contributed by atoms with Gasteiger partial charge in [0, 0.05) is 5.69 Å². The Labute approximate surface area is 127 Å². The van der Waals surface area contributed by atoms with E-state index in [1.54, 1.807) is 24.3 Å². The van der Waals surface area contributed by atoms with Crippen LogP contribution in [-0.2, 0) is 9.53 Å². The van der Waals surface area contributed by atoms with Crippen LogP contribution in [0.2, 0.25) is 0 Å². The number of ether oxygens (including phenoxy) is 2. The molecule has 0 aliphatic carbocycles. The number of alkyl carbamates (subject to hydrolysis) is 1. The zero-order valence-electron chi connectivity index (χ0n) is 11.6. The average molecular weight is 298 g/mol. The predicted molar refractivity (Wildman–Crippen MR) is 79.9 cm³/mol. The maximum atomic E-state index is 11.9. The minimum atomic E-state index is -0.659.